The van der Waals surface area contributed by atoms with Gasteiger partial charge in [-0.3, -0.25) is 18.7 Å². The summed E-state index contributed by atoms with van der Waals surface area (Å²) >= 11 is 2.43. The summed E-state index contributed by atoms with van der Waals surface area (Å²) < 4.78 is 7.72. The van der Waals surface area contributed by atoms with Crippen LogP contribution in [0, 0.1) is 6.92 Å². The number of carbonyl (C=O) groups excluding carboxylic acids is 1. The maximum atomic E-state index is 14.0. The summed E-state index contributed by atoms with van der Waals surface area (Å²) in [5.74, 6) is -0.699. The van der Waals surface area contributed by atoms with Crippen LogP contribution in [0.5, 0.6) is 5.88 Å². The van der Waals surface area contributed by atoms with Crippen molar-refractivity contribution in [3.8, 4) is 17.3 Å². The van der Waals surface area contributed by atoms with E-state index in [4.69, 9.17) is 4.74 Å². The molecule has 0 atom stereocenters. The minimum absolute atomic E-state index is 0.217. The van der Waals surface area contributed by atoms with Crippen LogP contribution in [0.3, 0.4) is 0 Å². The number of hydrogen-bond acceptors (Lipinski definition) is 7. The Morgan fingerprint density at radius 3 is 2.10 bits per heavy atom. The lowest BCUT2D eigenvalue weighted by Crippen LogP contribution is -2.33. The zero-order chi connectivity index (χ0) is 33.8. The SMILES string of the molecule is Cc1ccc(-n2ccnc2SC(C)(C)C(=O)Oc2cnc(SC(C)(C)C(=O)O)n2-c2ccc(C3CC3)c3ccccc23)c2ccccc12. The highest BCUT2D eigenvalue weighted by atomic mass is 32.2. The molecule has 0 amide bonds. The molecule has 48 heavy (non-hydrogen) atoms. The molecule has 0 aliphatic heterocycles. The molecule has 0 unspecified atom stereocenters. The number of aryl methyl sites for hydroxylation is 1. The van der Waals surface area contributed by atoms with Crippen LogP contribution in [0.2, 0.25) is 0 Å². The van der Waals surface area contributed by atoms with E-state index >= 15 is 0 Å². The number of aliphatic carboxylic acids is 1. The van der Waals surface area contributed by atoms with Crippen molar-refractivity contribution < 1.29 is 19.4 Å². The highest BCUT2D eigenvalue weighted by molar-refractivity contribution is 8.01. The number of imidazole rings is 2. The van der Waals surface area contributed by atoms with Crippen molar-refractivity contribution >= 4 is 57.0 Å². The molecule has 10 heteroatoms. The summed E-state index contributed by atoms with van der Waals surface area (Å²) in [5, 5.41) is 15.4. The molecular formula is C38H36N4O4S2. The lowest BCUT2D eigenvalue weighted by molar-refractivity contribution is -0.139. The van der Waals surface area contributed by atoms with Crippen molar-refractivity contribution in [1.29, 1.82) is 0 Å². The maximum absolute atomic E-state index is 14.0. The first-order valence-electron chi connectivity index (χ1n) is 15.9. The highest BCUT2D eigenvalue weighted by Crippen LogP contribution is 2.45. The van der Waals surface area contributed by atoms with E-state index in [-0.39, 0.29) is 5.88 Å². The maximum Gasteiger partial charge on any atom is 0.328 e. The van der Waals surface area contributed by atoms with Gasteiger partial charge in [-0.15, -0.1) is 0 Å². The molecule has 2 aromatic heterocycles. The molecule has 8 nitrogen and oxygen atoms in total. The van der Waals surface area contributed by atoms with E-state index in [2.05, 4.69) is 53.3 Å². The van der Waals surface area contributed by atoms with Crippen LogP contribution in [0.1, 0.15) is 57.6 Å². The molecule has 1 aliphatic carbocycles. The molecule has 1 N–H and O–H groups in total. The molecule has 7 rings (SSSR count). The largest absolute Gasteiger partial charge is 0.480 e. The Hall–Kier alpha value is -4.54. The van der Waals surface area contributed by atoms with Gasteiger partial charge in [-0.25, -0.2) is 9.97 Å². The Kier molecular flexibility index (Phi) is 8.12. The smallest absolute Gasteiger partial charge is 0.328 e. The van der Waals surface area contributed by atoms with Gasteiger partial charge in [0.25, 0.3) is 0 Å². The third kappa shape index (κ3) is 5.88. The molecule has 0 saturated heterocycles. The second-order valence-electron chi connectivity index (χ2n) is 13.2. The van der Waals surface area contributed by atoms with E-state index in [0.717, 1.165) is 57.5 Å². The van der Waals surface area contributed by atoms with Gasteiger partial charge >= 0.3 is 11.9 Å². The van der Waals surface area contributed by atoms with E-state index in [9.17, 15) is 14.7 Å². The molecule has 1 saturated carbocycles. The summed E-state index contributed by atoms with van der Waals surface area (Å²) in [5.41, 5.74) is 4.22. The number of fused-ring (bicyclic) bond motifs is 2. The number of thioether (sulfide) groups is 2. The Morgan fingerprint density at radius 1 is 0.792 bits per heavy atom. The standard InChI is InChI=1S/C38H36N4O4S2/c1-23-14-18-30(28-12-8-6-10-25(23)28)41-21-20-39-35(41)47-38(4,5)34(45)46-32-22-40-36(48-37(2,3)33(43)44)42(32)31-19-17-26(24-15-16-24)27-11-7-9-13-29(27)31/h6-14,17-22,24H,15-16H2,1-5H3,(H,43,44). The predicted octanol–water partition coefficient (Wildman–Crippen LogP) is 8.98. The van der Waals surface area contributed by atoms with E-state index in [0.29, 0.717) is 16.2 Å². The summed E-state index contributed by atoms with van der Waals surface area (Å²) in [7, 11) is 0. The number of carboxylic acids is 1. The van der Waals surface area contributed by atoms with E-state index in [1.807, 2.05) is 61.0 Å². The number of hydrogen-bond donors (Lipinski definition) is 1. The average molecular weight is 677 g/mol. The van der Waals surface area contributed by atoms with Crippen LogP contribution in [0.15, 0.2) is 102 Å². The summed E-state index contributed by atoms with van der Waals surface area (Å²) in [6.45, 7) is 9.00. The van der Waals surface area contributed by atoms with Gasteiger partial charge in [0.1, 0.15) is 9.49 Å². The van der Waals surface area contributed by atoms with Crippen LogP contribution in [0.4, 0.5) is 0 Å². The molecule has 4 aromatic carbocycles. The fraction of sp³-hybridized carbons (Fsp3) is 0.263. The summed E-state index contributed by atoms with van der Waals surface area (Å²) in [6, 6.07) is 24.7. The third-order valence-corrected chi connectivity index (χ3v) is 11.1. The first kappa shape index (κ1) is 32.0. The first-order valence-corrected chi connectivity index (χ1v) is 17.5. The number of rotatable bonds is 10. The summed E-state index contributed by atoms with van der Waals surface area (Å²) in [6.07, 6.45) is 7.46. The number of nitrogens with zero attached hydrogens (tertiary/aromatic N) is 4. The third-order valence-electron chi connectivity index (χ3n) is 8.77. The molecule has 0 spiro atoms. The van der Waals surface area contributed by atoms with Crippen molar-refractivity contribution in [3.63, 3.8) is 0 Å². The molecular weight excluding hydrogens is 641 g/mol. The number of benzene rings is 4. The van der Waals surface area contributed by atoms with Crippen molar-refractivity contribution in [2.24, 2.45) is 0 Å². The Labute approximate surface area is 287 Å². The number of ether oxygens (including phenoxy) is 1. The van der Waals surface area contributed by atoms with Gasteiger partial charge in [0.05, 0.1) is 17.6 Å². The Morgan fingerprint density at radius 2 is 1.42 bits per heavy atom. The number of aromatic nitrogens is 4. The Balaban J connectivity index is 1.25. The fourth-order valence-corrected chi connectivity index (χ4v) is 7.77. The van der Waals surface area contributed by atoms with Crippen LogP contribution in [-0.2, 0) is 9.59 Å². The zero-order valence-corrected chi connectivity index (χ0v) is 29.1. The molecule has 0 bridgehead atoms. The van der Waals surface area contributed by atoms with Gasteiger partial charge in [-0.05, 0) is 87.4 Å². The second-order valence-corrected chi connectivity index (χ2v) is 16.3. The number of carboxylic acid groups (broad SMARTS) is 1. The van der Waals surface area contributed by atoms with Gasteiger partial charge < -0.3 is 9.84 Å². The highest BCUT2D eigenvalue weighted by Gasteiger charge is 2.36. The minimum atomic E-state index is -1.18. The quantitative estimate of drug-likeness (QED) is 0.113. The van der Waals surface area contributed by atoms with Gasteiger partial charge in [0.15, 0.2) is 10.3 Å². The molecule has 1 aliphatic rings. The van der Waals surface area contributed by atoms with E-state index in [1.165, 1.54) is 29.1 Å². The second kappa shape index (κ2) is 12.2. The monoisotopic (exact) mass is 676 g/mol. The van der Waals surface area contributed by atoms with Crippen LogP contribution < -0.4 is 4.74 Å². The van der Waals surface area contributed by atoms with E-state index < -0.39 is 21.4 Å². The minimum Gasteiger partial charge on any atom is -0.480 e. The normalized spacial score (nSPS) is 13.7. The Bertz CT molecular complexity index is 2210. The topological polar surface area (TPSA) is 99.2 Å². The van der Waals surface area contributed by atoms with E-state index in [1.54, 1.807) is 24.6 Å². The number of carbonyl (C=O) groups is 2. The van der Waals surface area contributed by atoms with Gasteiger partial charge in [-0.2, -0.15) is 0 Å². The van der Waals surface area contributed by atoms with Crippen LogP contribution >= 0.6 is 23.5 Å². The zero-order valence-electron chi connectivity index (χ0n) is 27.4. The van der Waals surface area contributed by atoms with Gasteiger partial charge in [0.2, 0.25) is 5.88 Å². The molecule has 1 fully saturated rings. The molecule has 2 heterocycles. The summed E-state index contributed by atoms with van der Waals surface area (Å²) in [4.78, 5) is 35.4. The predicted molar refractivity (Wildman–Crippen MR) is 192 cm³/mol. The van der Waals surface area contributed by atoms with Crippen molar-refractivity contribution in [1.82, 2.24) is 19.1 Å². The lowest BCUT2D eigenvalue weighted by atomic mass is 9.99. The molecule has 6 aromatic rings. The first-order chi connectivity index (χ1) is 22.9. The molecule has 0 radical (unpaired) electrons. The van der Waals surface area contributed by atoms with Gasteiger partial charge in [-0.1, -0.05) is 84.2 Å². The molecule has 244 valence electrons. The van der Waals surface area contributed by atoms with Crippen LogP contribution in [-0.4, -0.2) is 45.6 Å². The van der Waals surface area contributed by atoms with Crippen LogP contribution in [0.25, 0.3) is 32.9 Å². The van der Waals surface area contributed by atoms with Crippen molar-refractivity contribution in [3.05, 3.63) is 103 Å². The van der Waals surface area contributed by atoms with Crippen molar-refractivity contribution in [2.45, 2.75) is 73.2 Å². The van der Waals surface area contributed by atoms with Gasteiger partial charge in [0, 0.05) is 23.2 Å². The average Bonchev–Trinajstić information content (AvgIpc) is 3.70. The number of esters is 1. The fourth-order valence-electron chi connectivity index (χ4n) is 5.89. The van der Waals surface area contributed by atoms with Crippen molar-refractivity contribution in [2.75, 3.05) is 0 Å². The lowest BCUT2D eigenvalue weighted by Gasteiger charge is -2.23.